The van der Waals surface area contributed by atoms with E-state index in [-0.39, 0.29) is 21.9 Å². The van der Waals surface area contributed by atoms with Crippen molar-refractivity contribution in [2.45, 2.75) is 0 Å². The number of aliphatic hydroxyl groups excluding tert-OH is 1. The molecule has 3 rings (SSSR count). The number of rotatable bonds is 2. The van der Waals surface area contributed by atoms with E-state index in [2.05, 4.69) is 0 Å². The molecular formula is C18H11ClO3. The summed E-state index contributed by atoms with van der Waals surface area (Å²) in [4.78, 5) is 24.8. The summed E-state index contributed by atoms with van der Waals surface area (Å²) in [5.41, 5.74) is 0.938. The molecular weight excluding hydrogens is 300 g/mol. The molecule has 0 unspecified atom stereocenters. The van der Waals surface area contributed by atoms with Crippen LogP contribution in [0.15, 0.2) is 71.5 Å². The Morgan fingerprint density at radius 2 is 1.09 bits per heavy atom. The third-order valence-electron chi connectivity index (χ3n) is 3.45. The predicted molar refractivity (Wildman–Crippen MR) is 85.2 cm³/mol. The quantitative estimate of drug-likeness (QED) is 0.679. The van der Waals surface area contributed by atoms with Crippen LogP contribution in [0.3, 0.4) is 0 Å². The first-order valence-electron chi connectivity index (χ1n) is 6.64. The van der Waals surface area contributed by atoms with Crippen LogP contribution in [0, 0.1) is 0 Å². The molecule has 1 N–H and O–H groups in total. The second-order valence-corrected chi connectivity index (χ2v) is 5.18. The molecule has 4 heteroatoms. The van der Waals surface area contributed by atoms with Crippen molar-refractivity contribution in [3.63, 3.8) is 0 Å². The zero-order valence-electron chi connectivity index (χ0n) is 11.4. The Morgan fingerprint density at radius 1 is 0.682 bits per heavy atom. The molecule has 0 aromatic heterocycles. The van der Waals surface area contributed by atoms with Crippen molar-refractivity contribution in [1.82, 2.24) is 0 Å². The maximum absolute atomic E-state index is 12.4. The van der Waals surface area contributed by atoms with Crippen LogP contribution in [0.2, 0.25) is 0 Å². The number of benzene rings is 2. The Balaban J connectivity index is 2.23. The number of carbonyl (C=O) groups excluding carboxylic acids is 2. The van der Waals surface area contributed by atoms with Crippen LogP contribution in [0.5, 0.6) is 0 Å². The minimum Gasteiger partial charge on any atom is -0.506 e. The number of aliphatic hydroxyl groups is 1. The van der Waals surface area contributed by atoms with E-state index in [0.717, 1.165) is 0 Å². The molecule has 2 aromatic carbocycles. The number of allylic oxidation sites excluding steroid dienone is 3. The minimum atomic E-state index is -0.757. The standard InChI is InChI=1S/C18H11ClO3/c19-15-13(11-7-3-1-4-8-11)17(21)18(22)14(16(15)20)12-9-5-2-6-10-12/h1-10,20H. The van der Waals surface area contributed by atoms with E-state index in [0.29, 0.717) is 11.1 Å². The molecule has 1 aliphatic carbocycles. The number of ketones is 2. The lowest BCUT2D eigenvalue weighted by atomic mass is 9.86. The van der Waals surface area contributed by atoms with E-state index < -0.39 is 11.6 Å². The minimum absolute atomic E-state index is 0.0319. The topological polar surface area (TPSA) is 54.4 Å². The average Bonchev–Trinajstić information content (AvgIpc) is 2.55. The Labute approximate surface area is 132 Å². The van der Waals surface area contributed by atoms with Gasteiger partial charge in [0, 0.05) is 0 Å². The van der Waals surface area contributed by atoms with Crippen molar-refractivity contribution in [2.75, 3.05) is 0 Å². The van der Waals surface area contributed by atoms with Crippen LogP contribution in [0.25, 0.3) is 11.1 Å². The van der Waals surface area contributed by atoms with Gasteiger partial charge in [-0.05, 0) is 11.1 Å². The Hall–Kier alpha value is -2.65. The summed E-state index contributed by atoms with van der Waals surface area (Å²) in [6.07, 6.45) is 0. The molecule has 0 saturated carbocycles. The molecule has 0 bridgehead atoms. The molecule has 0 saturated heterocycles. The zero-order valence-corrected chi connectivity index (χ0v) is 12.2. The molecule has 108 valence electrons. The van der Waals surface area contributed by atoms with Crippen LogP contribution >= 0.6 is 11.6 Å². The normalized spacial score (nSPS) is 15.5. The second-order valence-electron chi connectivity index (χ2n) is 4.80. The summed E-state index contributed by atoms with van der Waals surface area (Å²) >= 11 is 6.17. The zero-order chi connectivity index (χ0) is 15.7. The van der Waals surface area contributed by atoms with Gasteiger partial charge >= 0.3 is 0 Å². The smallest absolute Gasteiger partial charge is 0.237 e. The van der Waals surface area contributed by atoms with Gasteiger partial charge in [-0.15, -0.1) is 0 Å². The summed E-state index contributed by atoms with van der Waals surface area (Å²) in [7, 11) is 0. The van der Waals surface area contributed by atoms with Crippen LogP contribution in [0.1, 0.15) is 11.1 Å². The van der Waals surface area contributed by atoms with Crippen molar-refractivity contribution in [1.29, 1.82) is 0 Å². The number of halogens is 1. The van der Waals surface area contributed by atoms with E-state index in [4.69, 9.17) is 11.6 Å². The van der Waals surface area contributed by atoms with E-state index in [1.165, 1.54) is 0 Å². The lowest BCUT2D eigenvalue weighted by Gasteiger charge is -2.18. The van der Waals surface area contributed by atoms with Gasteiger partial charge in [-0.1, -0.05) is 72.3 Å². The largest absolute Gasteiger partial charge is 0.506 e. The van der Waals surface area contributed by atoms with Crippen molar-refractivity contribution >= 4 is 34.3 Å². The van der Waals surface area contributed by atoms with E-state index in [1.54, 1.807) is 60.7 Å². The molecule has 0 fully saturated rings. The maximum atomic E-state index is 12.4. The first-order valence-corrected chi connectivity index (χ1v) is 7.02. The molecule has 0 aliphatic heterocycles. The van der Waals surface area contributed by atoms with Crippen molar-refractivity contribution < 1.29 is 14.7 Å². The van der Waals surface area contributed by atoms with Gasteiger partial charge < -0.3 is 5.11 Å². The summed E-state index contributed by atoms with van der Waals surface area (Å²) in [5, 5.41) is 10.2. The van der Waals surface area contributed by atoms with E-state index in [1.807, 2.05) is 0 Å². The molecule has 22 heavy (non-hydrogen) atoms. The number of hydrogen-bond acceptors (Lipinski definition) is 3. The van der Waals surface area contributed by atoms with Crippen LogP contribution in [-0.2, 0) is 9.59 Å². The fourth-order valence-electron chi connectivity index (χ4n) is 2.40. The van der Waals surface area contributed by atoms with Gasteiger partial charge in [0.25, 0.3) is 0 Å². The molecule has 2 aromatic rings. The van der Waals surface area contributed by atoms with Gasteiger partial charge in [0.2, 0.25) is 11.6 Å². The molecule has 0 spiro atoms. The molecule has 1 aliphatic rings. The Bertz CT molecular complexity index is 746. The van der Waals surface area contributed by atoms with Crippen molar-refractivity contribution in [3.8, 4) is 0 Å². The van der Waals surface area contributed by atoms with Crippen LogP contribution < -0.4 is 0 Å². The fraction of sp³-hybridized carbons (Fsp3) is 0. The molecule has 0 atom stereocenters. The number of hydrogen-bond donors (Lipinski definition) is 1. The third kappa shape index (κ3) is 2.26. The van der Waals surface area contributed by atoms with Crippen LogP contribution in [0.4, 0.5) is 0 Å². The highest BCUT2D eigenvalue weighted by Gasteiger charge is 2.35. The average molecular weight is 311 g/mol. The molecule has 0 heterocycles. The maximum Gasteiger partial charge on any atom is 0.237 e. The lowest BCUT2D eigenvalue weighted by molar-refractivity contribution is -0.130. The summed E-state index contributed by atoms with van der Waals surface area (Å²) in [5.74, 6) is -1.84. The second kappa shape index (κ2) is 5.62. The van der Waals surface area contributed by atoms with E-state index in [9.17, 15) is 14.7 Å². The fourth-order valence-corrected chi connectivity index (χ4v) is 2.69. The molecule has 0 radical (unpaired) electrons. The van der Waals surface area contributed by atoms with Gasteiger partial charge in [0.15, 0.2) is 0 Å². The summed E-state index contributed by atoms with van der Waals surface area (Å²) < 4.78 is 0. The molecule has 0 amide bonds. The number of Topliss-reactive ketones (excluding diaryl/α,β-unsaturated/α-hetero) is 2. The Morgan fingerprint density at radius 3 is 1.59 bits per heavy atom. The summed E-state index contributed by atoms with van der Waals surface area (Å²) in [6, 6.07) is 17.1. The highest BCUT2D eigenvalue weighted by Crippen LogP contribution is 2.37. The Kier molecular flexibility index (Phi) is 3.65. The number of carbonyl (C=O) groups is 2. The third-order valence-corrected chi connectivity index (χ3v) is 3.82. The summed E-state index contributed by atoms with van der Waals surface area (Å²) in [6.45, 7) is 0. The highest BCUT2D eigenvalue weighted by molar-refractivity contribution is 6.69. The van der Waals surface area contributed by atoms with Crippen molar-refractivity contribution in [2.24, 2.45) is 0 Å². The van der Waals surface area contributed by atoms with E-state index >= 15 is 0 Å². The van der Waals surface area contributed by atoms with Gasteiger partial charge in [-0.25, -0.2) is 0 Å². The predicted octanol–water partition coefficient (Wildman–Crippen LogP) is 3.76. The van der Waals surface area contributed by atoms with Crippen LogP contribution in [-0.4, -0.2) is 16.7 Å². The van der Waals surface area contributed by atoms with Gasteiger partial charge in [-0.3, -0.25) is 9.59 Å². The molecule has 3 nitrogen and oxygen atoms in total. The van der Waals surface area contributed by atoms with Crippen molar-refractivity contribution in [3.05, 3.63) is 82.6 Å². The first kappa shape index (κ1) is 14.3. The monoisotopic (exact) mass is 310 g/mol. The van der Waals surface area contributed by atoms with Gasteiger partial charge in [0.05, 0.1) is 16.2 Å². The van der Waals surface area contributed by atoms with Gasteiger partial charge in [0.1, 0.15) is 5.76 Å². The first-order chi connectivity index (χ1) is 10.6. The highest BCUT2D eigenvalue weighted by atomic mass is 35.5. The van der Waals surface area contributed by atoms with Gasteiger partial charge in [-0.2, -0.15) is 0 Å². The lowest BCUT2D eigenvalue weighted by Crippen LogP contribution is -2.23. The SMILES string of the molecule is O=C1C(=O)C(c2ccccc2)=C(Cl)C(O)=C1c1ccccc1.